The van der Waals surface area contributed by atoms with E-state index < -0.39 is 0 Å². The summed E-state index contributed by atoms with van der Waals surface area (Å²) in [6, 6.07) is 6.02. The van der Waals surface area contributed by atoms with E-state index in [2.05, 4.69) is 29.1 Å². The van der Waals surface area contributed by atoms with Crippen molar-refractivity contribution in [1.29, 1.82) is 0 Å². The lowest BCUT2D eigenvalue weighted by Gasteiger charge is -2.40. The molecule has 1 aromatic rings. The Bertz CT molecular complexity index is 489. The van der Waals surface area contributed by atoms with Crippen molar-refractivity contribution < 1.29 is 4.79 Å². The maximum absolute atomic E-state index is 11.8. The van der Waals surface area contributed by atoms with Crippen molar-refractivity contribution >= 4 is 17.3 Å². The number of nitrogen functional groups attached to an aromatic ring is 1. The minimum atomic E-state index is -0.0765. The van der Waals surface area contributed by atoms with Crippen LogP contribution >= 0.6 is 0 Å². The summed E-state index contributed by atoms with van der Waals surface area (Å²) in [7, 11) is 3.80. The van der Waals surface area contributed by atoms with Crippen molar-refractivity contribution in [2.24, 2.45) is 0 Å². The third kappa shape index (κ3) is 2.88. The van der Waals surface area contributed by atoms with E-state index in [4.69, 9.17) is 5.73 Å². The molecule has 1 saturated heterocycles. The molecule has 20 heavy (non-hydrogen) atoms. The molecule has 1 aromatic carbocycles. The van der Waals surface area contributed by atoms with E-state index in [0.29, 0.717) is 11.6 Å². The van der Waals surface area contributed by atoms with Gasteiger partial charge in [0.05, 0.1) is 11.4 Å². The van der Waals surface area contributed by atoms with Crippen LogP contribution in [0.5, 0.6) is 0 Å². The molecule has 0 bridgehead atoms. The number of piperazine rings is 1. The largest absolute Gasteiger partial charge is 0.397 e. The highest BCUT2D eigenvalue weighted by Gasteiger charge is 2.24. The zero-order chi connectivity index (χ0) is 14.7. The Kier molecular flexibility index (Phi) is 4.49. The van der Waals surface area contributed by atoms with E-state index in [0.717, 1.165) is 37.4 Å². The van der Waals surface area contributed by atoms with E-state index in [1.54, 1.807) is 13.1 Å². The lowest BCUT2D eigenvalue weighted by molar-refractivity contribution is 0.0963. The zero-order valence-corrected chi connectivity index (χ0v) is 12.5. The monoisotopic (exact) mass is 276 g/mol. The molecular weight excluding hydrogens is 252 g/mol. The van der Waals surface area contributed by atoms with Gasteiger partial charge in [0, 0.05) is 38.3 Å². The molecule has 1 heterocycles. The minimum absolute atomic E-state index is 0.0765. The van der Waals surface area contributed by atoms with Crippen LogP contribution in [0.2, 0.25) is 0 Å². The Morgan fingerprint density at radius 2 is 2.20 bits per heavy atom. The zero-order valence-electron chi connectivity index (χ0n) is 12.5. The first kappa shape index (κ1) is 14.7. The van der Waals surface area contributed by atoms with Crippen LogP contribution in [0.4, 0.5) is 11.4 Å². The Morgan fingerprint density at radius 1 is 1.45 bits per heavy atom. The first-order chi connectivity index (χ1) is 9.56. The maximum Gasteiger partial charge on any atom is 0.251 e. The number of benzene rings is 1. The van der Waals surface area contributed by atoms with Gasteiger partial charge in [0.15, 0.2) is 0 Å². The van der Waals surface area contributed by atoms with Gasteiger partial charge in [0.25, 0.3) is 5.91 Å². The third-order valence-electron chi connectivity index (χ3n) is 4.11. The highest BCUT2D eigenvalue weighted by atomic mass is 16.1. The molecule has 3 N–H and O–H groups in total. The molecule has 1 fully saturated rings. The normalized spacial score (nSPS) is 19.9. The number of hydrogen-bond donors (Lipinski definition) is 2. The quantitative estimate of drug-likeness (QED) is 0.813. The lowest BCUT2D eigenvalue weighted by Crippen LogP contribution is -2.51. The van der Waals surface area contributed by atoms with E-state index in [1.165, 1.54) is 0 Å². The van der Waals surface area contributed by atoms with E-state index in [9.17, 15) is 4.79 Å². The van der Waals surface area contributed by atoms with Gasteiger partial charge in [-0.05, 0) is 31.7 Å². The molecule has 0 saturated carbocycles. The highest BCUT2D eigenvalue weighted by molar-refractivity contribution is 5.96. The molecule has 1 unspecified atom stereocenters. The molecule has 0 aliphatic carbocycles. The number of nitrogens with zero attached hydrogens (tertiary/aromatic N) is 2. The highest BCUT2D eigenvalue weighted by Crippen LogP contribution is 2.27. The van der Waals surface area contributed by atoms with Gasteiger partial charge in [0.2, 0.25) is 0 Å². The summed E-state index contributed by atoms with van der Waals surface area (Å²) in [5.74, 6) is -0.0765. The van der Waals surface area contributed by atoms with Gasteiger partial charge in [-0.3, -0.25) is 9.69 Å². The van der Waals surface area contributed by atoms with Gasteiger partial charge < -0.3 is 16.0 Å². The van der Waals surface area contributed by atoms with Gasteiger partial charge in [-0.2, -0.15) is 0 Å². The standard InChI is InChI=1S/C15H24N4O/c1-4-12-10-19(8-7-18(12)3)14-9-11(15(20)17-2)5-6-13(14)16/h5-6,9,12H,4,7-8,10,16H2,1-3H3,(H,17,20). The number of likely N-dealkylation sites (N-methyl/N-ethyl adjacent to an activating group) is 1. The number of nitrogens with one attached hydrogen (secondary N) is 1. The summed E-state index contributed by atoms with van der Waals surface area (Å²) < 4.78 is 0. The molecule has 2 rings (SSSR count). The van der Waals surface area contributed by atoms with Crippen molar-refractivity contribution in [1.82, 2.24) is 10.2 Å². The van der Waals surface area contributed by atoms with Gasteiger partial charge in [-0.1, -0.05) is 6.92 Å². The second-order valence-corrected chi connectivity index (χ2v) is 5.34. The number of rotatable bonds is 3. The first-order valence-corrected chi connectivity index (χ1v) is 7.13. The molecule has 5 nitrogen and oxygen atoms in total. The van der Waals surface area contributed by atoms with Crippen LogP contribution in [0.1, 0.15) is 23.7 Å². The number of carbonyl (C=O) groups is 1. The van der Waals surface area contributed by atoms with Crippen LogP contribution in [-0.4, -0.2) is 50.6 Å². The second kappa shape index (κ2) is 6.13. The average molecular weight is 276 g/mol. The van der Waals surface area contributed by atoms with Crippen molar-refractivity contribution in [2.75, 3.05) is 44.4 Å². The molecule has 5 heteroatoms. The fourth-order valence-electron chi connectivity index (χ4n) is 2.71. The molecule has 0 radical (unpaired) electrons. The summed E-state index contributed by atoms with van der Waals surface area (Å²) in [6.45, 7) is 5.11. The van der Waals surface area contributed by atoms with Crippen LogP contribution in [0.3, 0.4) is 0 Å². The Hall–Kier alpha value is -1.75. The maximum atomic E-state index is 11.8. The molecule has 110 valence electrons. The van der Waals surface area contributed by atoms with Crippen molar-refractivity contribution in [3.8, 4) is 0 Å². The van der Waals surface area contributed by atoms with Crippen molar-refractivity contribution in [3.63, 3.8) is 0 Å². The summed E-state index contributed by atoms with van der Waals surface area (Å²) >= 11 is 0. The molecule has 1 atom stereocenters. The van der Waals surface area contributed by atoms with Gasteiger partial charge in [-0.25, -0.2) is 0 Å². The molecule has 1 aliphatic heterocycles. The molecule has 0 spiro atoms. The summed E-state index contributed by atoms with van der Waals surface area (Å²) in [5, 5.41) is 2.65. The Balaban J connectivity index is 2.25. The topological polar surface area (TPSA) is 61.6 Å². The van der Waals surface area contributed by atoms with Crippen molar-refractivity contribution in [3.05, 3.63) is 23.8 Å². The smallest absolute Gasteiger partial charge is 0.251 e. The second-order valence-electron chi connectivity index (χ2n) is 5.34. The van der Waals surface area contributed by atoms with Crippen LogP contribution in [0.25, 0.3) is 0 Å². The number of amides is 1. The number of carbonyl (C=O) groups excluding carboxylic acids is 1. The minimum Gasteiger partial charge on any atom is -0.397 e. The molecular formula is C15H24N4O. The van der Waals surface area contributed by atoms with E-state index in [-0.39, 0.29) is 5.91 Å². The van der Waals surface area contributed by atoms with Crippen LogP contribution in [0.15, 0.2) is 18.2 Å². The molecule has 0 aromatic heterocycles. The summed E-state index contributed by atoms with van der Waals surface area (Å²) in [6.07, 6.45) is 1.11. The van der Waals surface area contributed by atoms with Crippen LogP contribution in [0, 0.1) is 0 Å². The van der Waals surface area contributed by atoms with Crippen LogP contribution in [-0.2, 0) is 0 Å². The molecule has 1 amide bonds. The third-order valence-corrected chi connectivity index (χ3v) is 4.11. The summed E-state index contributed by atoms with van der Waals surface area (Å²) in [5.41, 5.74) is 8.46. The van der Waals surface area contributed by atoms with Crippen LogP contribution < -0.4 is 16.0 Å². The predicted octanol–water partition coefficient (Wildman–Crippen LogP) is 1.16. The number of hydrogen-bond acceptors (Lipinski definition) is 4. The Labute approximate surface area is 120 Å². The average Bonchev–Trinajstić information content (AvgIpc) is 2.47. The van der Waals surface area contributed by atoms with Gasteiger partial charge in [-0.15, -0.1) is 0 Å². The predicted molar refractivity (Wildman–Crippen MR) is 83.2 cm³/mol. The Morgan fingerprint density at radius 3 is 2.85 bits per heavy atom. The first-order valence-electron chi connectivity index (χ1n) is 7.13. The molecule has 1 aliphatic rings. The van der Waals surface area contributed by atoms with E-state index in [1.807, 2.05) is 12.1 Å². The van der Waals surface area contributed by atoms with Crippen molar-refractivity contribution in [2.45, 2.75) is 19.4 Å². The summed E-state index contributed by atoms with van der Waals surface area (Å²) in [4.78, 5) is 16.4. The fourth-order valence-corrected chi connectivity index (χ4v) is 2.71. The fraction of sp³-hybridized carbons (Fsp3) is 0.533. The SMILES string of the molecule is CCC1CN(c2cc(C(=O)NC)ccc2N)CCN1C. The number of anilines is 2. The number of nitrogens with two attached hydrogens (primary N) is 1. The van der Waals surface area contributed by atoms with E-state index >= 15 is 0 Å². The van der Waals surface area contributed by atoms with Gasteiger partial charge >= 0.3 is 0 Å². The lowest BCUT2D eigenvalue weighted by atomic mass is 10.1. The van der Waals surface area contributed by atoms with Gasteiger partial charge in [0.1, 0.15) is 0 Å².